The van der Waals surface area contributed by atoms with E-state index < -0.39 is 10.0 Å². The largest absolute Gasteiger partial charge is 0.497 e. The molecule has 117 heavy (non-hydrogen) atoms. The van der Waals surface area contributed by atoms with Crippen molar-refractivity contribution < 1.29 is 41.9 Å². The maximum Gasteiger partial charge on any atom is 0.410 e. The van der Waals surface area contributed by atoms with Gasteiger partial charge < -0.3 is 44.6 Å². The van der Waals surface area contributed by atoms with Crippen molar-refractivity contribution in [1.82, 2.24) is 39.4 Å². The highest BCUT2D eigenvalue weighted by Crippen LogP contribution is 2.18. The standard InChI is InChI=1S/C20H26N2O.2C19H23NO2.C15H23NO.C14H22N2O.C12H19NO2S/c1-17(2)22(14-13-18-9-5-3-6-10-18)20(23)16-21-15-19-11-7-4-8-12-19;1-15(2)20(14-13-16-7-5-4-6-8-16)19(21)17-9-11-18(22-3)12-10-17;1-16(2)20(14-13-17-9-5-3-6-10-17)19(21)22-15-18-11-7-4-8-12-18;1-12(2)15(17)16(13(3)4)11-10-14-8-6-5-7-9-14;1-12(2)16(14(17)11-15-3)10-9-13-7-5-4-6-8-13;1-11(2)13(16(3,14)15)10-9-12-7-5-4-6-8-12/h3-12,17,21H,13-16H2,1-2H3;4-12,15H,13-14H2,1-3H3;3-12,16H,13-15H2,1-2H3;5-9,12-13H,10-11H2,1-4H3;4-8,12,15H,9-11H2,1-3H3;4-8,11H,9-10H2,1-3H3. The number of hydrogen-bond acceptors (Lipinski definition) is 11. The summed E-state index contributed by atoms with van der Waals surface area (Å²) < 4.78 is 35.1. The second-order valence-electron chi connectivity index (χ2n) is 30.8. The van der Waals surface area contributed by atoms with Crippen LogP contribution in [0.2, 0.25) is 0 Å². The number of nitrogens with zero attached hydrogens (tertiary/aromatic N) is 6. The molecule has 0 aliphatic rings. The van der Waals surface area contributed by atoms with E-state index in [0.29, 0.717) is 44.9 Å². The van der Waals surface area contributed by atoms with Crippen LogP contribution in [0.15, 0.2) is 267 Å². The van der Waals surface area contributed by atoms with E-state index in [1.54, 1.807) is 19.1 Å². The molecule has 0 aliphatic carbocycles. The Hall–Kier alpha value is -10.2. The number of amides is 5. The fourth-order valence-corrected chi connectivity index (χ4v) is 13.8. The van der Waals surface area contributed by atoms with Crippen molar-refractivity contribution in [3.63, 3.8) is 0 Å². The monoisotopic (exact) mass is 1610 g/mol. The Kier molecular flexibility index (Phi) is 47.6. The summed E-state index contributed by atoms with van der Waals surface area (Å²) in [5.74, 6) is 1.47. The zero-order valence-electron chi connectivity index (χ0n) is 73.0. The molecule has 0 radical (unpaired) electrons. The molecule has 0 saturated carbocycles. The Bertz CT molecular complexity index is 4240. The zero-order chi connectivity index (χ0) is 85.9. The van der Waals surface area contributed by atoms with Gasteiger partial charge in [-0.3, -0.25) is 19.2 Å². The van der Waals surface area contributed by atoms with Gasteiger partial charge in [-0.25, -0.2) is 13.2 Å². The first-order valence-electron chi connectivity index (χ1n) is 41.4. The van der Waals surface area contributed by atoms with E-state index in [0.717, 1.165) is 81.6 Å². The normalized spacial score (nSPS) is 10.9. The molecule has 9 aromatic rings. The lowest BCUT2D eigenvalue weighted by molar-refractivity contribution is -0.136. The molecule has 0 atom stereocenters. The van der Waals surface area contributed by atoms with Crippen molar-refractivity contribution >= 4 is 39.7 Å². The van der Waals surface area contributed by atoms with E-state index in [9.17, 15) is 32.4 Å². The molecule has 18 heteroatoms. The summed E-state index contributed by atoms with van der Waals surface area (Å²) in [6, 6.07) is 89.5. The third-order valence-electron chi connectivity index (χ3n) is 19.2. The van der Waals surface area contributed by atoms with E-state index >= 15 is 0 Å². The van der Waals surface area contributed by atoms with Crippen molar-refractivity contribution in [3.8, 4) is 5.75 Å². The van der Waals surface area contributed by atoms with E-state index in [-0.39, 0.29) is 71.9 Å². The van der Waals surface area contributed by atoms with Crippen molar-refractivity contribution in [2.75, 3.05) is 72.8 Å². The van der Waals surface area contributed by atoms with Gasteiger partial charge in [0.15, 0.2) is 0 Å². The number of sulfonamides is 1. The SMILES string of the molecule is CC(C)C(=O)N(CCc1ccccc1)C(C)C.CC(C)N(CCc1ccccc1)C(=O)CNCc1ccccc1.CC(C)N(CCc1ccccc1)C(=O)OCc1ccccc1.CC(C)N(CCc1ccccc1)S(C)(=O)=O.CNCC(=O)N(CCc1ccccc1)C(C)C.COc1ccc(C(=O)N(CCc2ccccc2)C(C)C)cc1. The molecule has 17 nitrogen and oxygen atoms in total. The first kappa shape index (κ1) is 99.1. The number of benzene rings is 9. The maximum atomic E-state index is 12.7. The predicted octanol–water partition coefficient (Wildman–Crippen LogP) is 18.0. The Morgan fingerprint density at radius 3 is 0.932 bits per heavy atom. The van der Waals surface area contributed by atoms with Gasteiger partial charge in [0.05, 0.1) is 26.5 Å². The van der Waals surface area contributed by atoms with Gasteiger partial charge in [-0.2, -0.15) is 4.31 Å². The molecule has 0 aliphatic heterocycles. The van der Waals surface area contributed by atoms with Crippen LogP contribution >= 0.6 is 0 Å². The van der Waals surface area contributed by atoms with Crippen LogP contribution in [-0.2, 0) is 80.8 Å². The second kappa shape index (κ2) is 56.2. The van der Waals surface area contributed by atoms with Gasteiger partial charge in [-0.05, 0) is 197 Å². The molecule has 0 spiro atoms. The number of methoxy groups -OCH3 is 1. The second-order valence-corrected chi connectivity index (χ2v) is 32.7. The fourth-order valence-electron chi connectivity index (χ4n) is 12.6. The third kappa shape index (κ3) is 40.5. The van der Waals surface area contributed by atoms with Gasteiger partial charge >= 0.3 is 6.09 Å². The zero-order valence-corrected chi connectivity index (χ0v) is 73.8. The van der Waals surface area contributed by atoms with Crippen LogP contribution in [0.4, 0.5) is 4.79 Å². The van der Waals surface area contributed by atoms with Crippen LogP contribution in [0.25, 0.3) is 0 Å². The van der Waals surface area contributed by atoms with E-state index in [1.165, 1.54) is 43.9 Å². The van der Waals surface area contributed by atoms with Crippen molar-refractivity contribution in [2.45, 2.75) is 185 Å². The van der Waals surface area contributed by atoms with E-state index in [2.05, 4.69) is 125 Å². The third-order valence-corrected chi connectivity index (χ3v) is 20.7. The van der Waals surface area contributed by atoms with Crippen LogP contribution in [0.1, 0.15) is 152 Å². The minimum Gasteiger partial charge on any atom is -0.497 e. The topological polar surface area (TPSA) is 181 Å². The Labute approximate surface area is 703 Å². The summed E-state index contributed by atoms with van der Waals surface area (Å²) in [7, 11) is 0.320. The fraction of sp³-hybridized carbons (Fsp3) is 0.404. The summed E-state index contributed by atoms with van der Waals surface area (Å²) in [5, 5.41) is 6.15. The molecule has 9 aromatic carbocycles. The lowest BCUT2D eigenvalue weighted by Gasteiger charge is -2.28. The highest BCUT2D eigenvalue weighted by atomic mass is 32.2. The van der Waals surface area contributed by atoms with Crippen LogP contribution in [0, 0.1) is 5.92 Å². The molecule has 632 valence electrons. The van der Waals surface area contributed by atoms with Gasteiger partial charge in [-0.1, -0.05) is 257 Å². The van der Waals surface area contributed by atoms with Crippen LogP contribution < -0.4 is 15.4 Å². The number of carbonyl (C=O) groups excluding carboxylic acids is 5. The highest BCUT2D eigenvalue weighted by Gasteiger charge is 2.24. The molecular formula is C99H136N8O9S. The van der Waals surface area contributed by atoms with Crippen LogP contribution in [0.3, 0.4) is 0 Å². The van der Waals surface area contributed by atoms with Gasteiger partial charge in [0.2, 0.25) is 27.7 Å². The highest BCUT2D eigenvalue weighted by molar-refractivity contribution is 7.88. The Morgan fingerprint density at radius 1 is 0.342 bits per heavy atom. The number of ether oxygens (including phenoxy) is 2. The summed E-state index contributed by atoms with van der Waals surface area (Å²) in [5.41, 5.74) is 10.4. The molecule has 0 bridgehead atoms. The number of nitrogens with one attached hydrogen (secondary N) is 2. The number of carbonyl (C=O) groups is 5. The summed E-state index contributed by atoms with van der Waals surface area (Å²) in [4.78, 5) is 70.9. The molecule has 5 amide bonds. The lowest BCUT2D eigenvalue weighted by Crippen LogP contribution is -2.43. The first-order valence-corrected chi connectivity index (χ1v) is 43.3. The summed E-state index contributed by atoms with van der Waals surface area (Å²) in [6.07, 6.45) is 6.19. The molecule has 9 rings (SSSR count). The molecule has 0 aromatic heterocycles. The number of rotatable bonds is 36. The Balaban J connectivity index is 0.000000297. The lowest BCUT2D eigenvalue weighted by atomic mass is 10.1. The van der Waals surface area contributed by atoms with E-state index in [4.69, 9.17) is 9.47 Å². The van der Waals surface area contributed by atoms with Crippen LogP contribution in [0.5, 0.6) is 5.75 Å². The minimum absolute atomic E-state index is 0.0127. The van der Waals surface area contributed by atoms with Gasteiger partial charge in [0.1, 0.15) is 12.4 Å². The summed E-state index contributed by atoms with van der Waals surface area (Å²) in [6.45, 7) is 34.3. The molecule has 2 N–H and O–H groups in total. The van der Waals surface area contributed by atoms with Gasteiger partial charge in [0.25, 0.3) is 5.91 Å². The average Bonchev–Trinajstić information content (AvgIpc) is 0.871. The molecule has 0 fully saturated rings. The molecular weight excluding hydrogens is 1480 g/mol. The van der Waals surface area contributed by atoms with Crippen molar-refractivity contribution in [1.29, 1.82) is 0 Å². The maximum absolute atomic E-state index is 12.7. The summed E-state index contributed by atoms with van der Waals surface area (Å²) >= 11 is 0. The van der Waals surface area contributed by atoms with Crippen LogP contribution in [-0.4, -0.2) is 176 Å². The van der Waals surface area contributed by atoms with Gasteiger partial charge in [-0.15, -0.1) is 0 Å². The molecule has 0 unspecified atom stereocenters. The first-order chi connectivity index (χ1) is 56.0. The number of hydrogen-bond donors (Lipinski definition) is 2. The quantitative estimate of drug-likeness (QED) is 0.0381. The Morgan fingerprint density at radius 2 is 0.632 bits per heavy atom. The molecule has 0 saturated heterocycles. The molecule has 0 heterocycles. The average molecular weight is 1610 g/mol. The van der Waals surface area contributed by atoms with Crippen molar-refractivity contribution in [3.05, 3.63) is 317 Å². The smallest absolute Gasteiger partial charge is 0.410 e. The van der Waals surface area contributed by atoms with E-state index in [1.807, 2.05) is 269 Å². The minimum atomic E-state index is -3.10. The van der Waals surface area contributed by atoms with Crippen molar-refractivity contribution in [2.24, 2.45) is 5.92 Å². The number of likely N-dealkylation sites (N-methyl/N-ethyl adjacent to an activating group) is 1. The predicted molar refractivity (Wildman–Crippen MR) is 483 cm³/mol. The van der Waals surface area contributed by atoms with Gasteiger partial charge in [0, 0.05) is 93.5 Å².